The number of amides is 2. The molecule has 2 aromatic carbocycles. The third kappa shape index (κ3) is 4.64. The van der Waals surface area contributed by atoms with Gasteiger partial charge in [-0.25, -0.2) is 14.2 Å². The number of ether oxygens (including phenoxy) is 1. The zero-order chi connectivity index (χ0) is 25.3. The normalized spacial score (nSPS) is 17.2. The molecule has 0 aliphatic carbocycles. The number of carbonyl (C=O) groups excluding carboxylic acids is 3. The molecule has 35 heavy (non-hydrogen) atoms. The number of aromatic nitrogens is 2. The van der Waals surface area contributed by atoms with Crippen molar-refractivity contribution >= 4 is 29.4 Å². The molecule has 1 aromatic heterocycles. The maximum absolute atomic E-state index is 13.7. The molecule has 182 valence electrons. The molecule has 1 aliphatic rings. The monoisotopic (exact) mass is 498 g/mol. The van der Waals surface area contributed by atoms with Gasteiger partial charge < -0.3 is 19.5 Å². The first-order valence-corrected chi connectivity index (χ1v) is 11.2. The lowest BCUT2D eigenvalue weighted by Crippen LogP contribution is -2.63. The number of aryl methyl sites for hydroxylation is 1. The molecule has 0 fully saturated rings. The molecule has 1 atom stereocenters. The predicted octanol–water partition coefficient (Wildman–Crippen LogP) is 3.50. The molecule has 0 saturated heterocycles. The number of halogens is 2. The van der Waals surface area contributed by atoms with Crippen LogP contribution in [-0.2, 0) is 29.2 Å². The van der Waals surface area contributed by atoms with Gasteiger partial charge in [0.15, 0.2) is 5.69 Å². The molecule has 10 heteroatoms. The van der Waals surface area contributed by atoms with E-state index in [1.807, 2.05) is 31.2 Å². The smallest absolute Gasteiger partial charge is 0.359 e. The maximum atomic E-state index is 13.7. The highest BCUT2D eigenvalue weighted by atomic mass is 35.5. The molecule has 0 saturated carbocycles. The summed E-state index contributed by atoms with van der Waals surface area (Å²) in [4.78, 5) is 44.8. The summed E-state index contributed by atoms with van der Waals surface area (Å²) >= 11 is 6.24. The molecule has 0 radical (unpaired) electrons. The Balaban J connectivity index is 1.71. The minimum Gasteiger partial charge on any atom is -0.464 e. The Morgan fingerprint density at radius 1 is 1.23 bits per heavy atom. The summed E-state index contributed by atoms with van der Waals surface area (Å²) in [5, 5.41) is 3.03. The molecule has 0 bridgehead atoms. The van der Waals surface area contributed by atoms with Crippen molar-refractivity contribution in [3.8, 4) is 0 Å². The molecular weight excluding hydrogens is 475 g/mol. The van der Waals surface area contributed by atoms with Crippen LogP contribution in [0.15, 0.2) is 48.8 Å². The average Bonchev–Trinajstić information content (AvgIpc) is 3.25. The second-order valence-electron chi connectivity index (χ2n) is 8.63. The second kappa shape index (κ2) is 9.50. The lowest BCUT2D eigenvalue weighted by molar-refractivity contribution is -0.133. The molecule has 8 nitrogen and oxygen atoms in total. The highest BCUT2D eigenvalue weighted by Gasteiger charge is 2.49. The first kappa shape index (κ1) is 24.4. The summed E-state index contributed by atoms with van der Waals surface area (Å²) in [5.74, 6) is -2.28. The van der Waals surface area contributed by atoms with E-state index in [1.54, 1.807) is 6.92 Å². The van der Waals surface area contributed by atoms with Crippen LogP contribution in [0.3, 0.4) is 0 Å². The number of methoxy groups -OCH3 is 1. The lowest BCUT2D eigenvalue weighted by Gasteiger charge is -2.43. The summed E-state index contributed by atoms with van der Waals surface area (Å²) in [5.41, 5.74) is 0.960. The average molecular weight is 499 g/mol. The quantitative estimate of drug-likeness (QED) is 0.525. The van der Waals surface area contributed by atoms with E-state index in [0.29, 0.717) is 5.56 Å². The number of hydrogen-bond donors (Lipinski definition) is 1. The Hall–Kier alpha value is -3.72. The molecule has 4 rings (SSSR count). The van der Waals surface area contributed by atoms with Crippen LogP contribution in [0, 0.1) is 12.7 Å². The highest BCUT2D eigenvalue weighted by molar-refractivity contribution is 6.31. The predicted molar refractivity (Wildman–Crippen MR) is 126 cm³/mol. The van der Waals surface area contributed by atoms with Crippen LogP contribution in [0.5, 0.6) is 0 Å². The third-order valence-electron chi connectivity index (χ3n) is 6.14. The Labute approximate surface area is 206 Å². The maximum Gasteiger partial charge on any atom is 0.359 e. The molecule has 2 amide bonds. The standard InChI is InChI=1S/C25H24ClFN4O4/c1-15-4-6-16(7-5-15)11-28-24(34)25(2)13-30-14-29-20(23(33)35-3)21(30)22(32)31(25)12-17-8-9-18(27)10-19(17)26/h4-10,14H,11-13H2,1-3H3,(H,28,34)/t25-/m1/s1. The third-order valence-corrected chi connectivity index (χ3v) is 6.50. The minimum atomic E-state index is -1.36. The van der Waals surface area contributed by atoms with Crippen molar-refractivity contribution in [1.82, 2.24) is 19.8 Å². The first-order valence-electron chi connectivity index (χ1n) is 10.9. The molecule has 1 N–H and O–H groups in total. The van der Waals surface area contributed by atoms with Gasteiger partial charge in [-0.3, -0.25) is 9.59 Å². The Morgan fingerprint density at radius 3 is 2.60 bits per heavy atom. The SMILES string of the molecule is COC(=O)c1ncn2c1C(=O)N(Cc1ccc(F)cc1Cl)[C@@](C)(C(=O)NCc1ccc(C)cc1)C2. The van der Waals surface area contributed by atoms with E-state index in [-0.39, 0.29) is 36.0 Å². The summed E-state index contributed by atoms with van der Waals surface area (Å²) in [6, 6.07) is 11.6. The van der Waals surface area contributed by atoms with E-state index in [0.717, 1.165) is 17.2 Å². The Kier molecular flexibility index (Phi) is 6.62. The van der Waals surface area contributed by atoms with Gasteiger partial charge in [0.2, 0.25) is 5.91 Å². The van der Waals surface area contributed by atoms with Crippen molar-refractivity contribution in [1.29, 1.82) is 0 Å². The Morgan fingerprint density at radius 2 is 1.94 bits per heavy atom. The number of esters is 1. The van der Waals surface area contributed by atoms with Gasteiger partial charge in [-0.05, 0) is 37.1 Å². The summed E-state index contributed by atoms with van der Waals surface area (Å²) in [6.07, 6.45) is 1.34. The first-order chi connectivity index (χ1) is 16.6. The highest BCUT2D eigenvalue weighted by Crippen LogP contribution is 2.32. The van der Waals surface area contributed by atoms with Crippen molar-refractivity contribution in [3.05, 3.63) is 87.7 Å². The fraction of sp³-hybridized carbons (Fsp3) is 0.280. The van der Waals surface area contributed by atoms with Gasteiger partial charge in [-0.2, -0.15) is 0 Å². The number of hydrogen-bond acceptors (Lipinski definition) is 5. The lowest BCUT2D eigenvalue weighted by atomic mass is 9.93. The number of nitrogens with one attached hydrogen (secondary N) is 1. The molecule has 0 unspecified atom stereocenters. The molecule has 0 spiro atoms. The van der Waals surface area contributed by atoms with Crippen LogP contribution in [0.25, 0.3) is 0 Å². The number of imidazole rings is 1. The number of fused-ring (bicyclic) bond motifs is 1. The van der Waals surface area contributed by atoms with E-state index in [4.69, 9.17) is 16.3 Å². The van der Waals surface area contributed by atoms with Crippen molar-refractivity contribution < 1.29 is 23.5 Å². The fourth-order valence-corrected chi connectivity index (χ4v) is 4.31. The van der Waals surface area contributed by atoms with Crippen LogP contribution in [-0.4, -0.2) is 44.9 Å². The van der Waals surface area contributed by atoms with Gasteiger partial charge in [0.05, 0.1) is 20.0 Å². The molecule has 1 aliphatic heterocycles. The minimum absolute atomic E-state index is 0.0129. The van der Waals surface area contributed by atoms with Gasteiger partial charge in [-0.1, -0.05) is 47.5 Å². The number of rotatable bonds is 6. The number of nitrogens with zero attached hydrogens (tertiary/aromatic N) is 3. The molecule has 2 heterocycles. The van der Waals surface area contributed by atoms with E-state index < -0.39 is 29.1 Å². The van der Waals surface area contributed by atoms with E-state index >= 15 is 0 Å². The Bertz CT molecular complexity index is 1310. The van der Waals surface area contributed by atoms with Gasteiger partial charge >= 0.3 is 5.97 Å². The van der Waals surface area contributed by atoms with Gasteiger partial charge in [0.1, 0.15) is 17.1 Å². The van der Waals surface area contributed by atoms with E-state index in [1.165, 1.54) is 35.0 Å². The van der Waals surface area contributed by atoms with E-state index in [2.05, 4.69) is 10.3 Å². The van der Waals surface area contributed by atoms with Crippen LogP contribution in [0.2, 0.25) is 5.02 Å². The fourth-order valence-electron chi connectivity index (χ4n) is 4.08. The number of carbonyl (C=O) groups is 3. The largest absolute Gasteiger partial charge is 0.464 e. The van der Waals surface area contributed by atoms with Crippen LogP contribution < -0.4 is 5.32 Å². The van der Waals surface area contributed by atoms with Crippen LogP contribution in [0.4, 0.5) is 4.39 Å². The van der Waals surface area contributed by atoms with Crippen LogP contribution >= 0.6 is 11.6 Å². The molecular formula is C25H24ClFN4O4. The van der Waals surface area contributed by atoms with E-state index in [9.17, 15) is 18.8 Å². The van der Waals surface area contributed by atoms with Gasteiger partial charge in [0.25, 0.3) is 5.91 Å². The van der Waals surface area contributed by atoms with Crippen molar-refractivity contribution in [2.45, 2.75) is 39.0 Å². The van der Waals surface area contributed by atoms with Gasteiger partial charge in [0, 0.05) is 18.1 Å². The van der Waals surface area contributed by atoms with Crippen molar-refractivity contribution in [2.75, 3.05) is 7.11 Å². The van der Waals surface area contributed by atoms with Crippen molar-refractivity contribution in [3.63, 3.8) is 0 Å². The number of benzene rings is 2. The van der Waals surface area contributed by atoms with Crippen molar-refractivity contribution in [2.24, 2.45) is 0 Å². The summed E-state index contributed by atoms with van der Waals surface area (Å²) in [6.45, 7) is 3.82. The zero-order valence-corrected chi connectivity index (χ0v) is 20.2. The second-order valence-corrected chi connectivity index (χ2v) is 9.04. The van der Waals surface area contributed by atoms with Crippen LogP contribution in [0.1, 0.15) is 44.6 Å². The summed E-state index contributed by atoms with van der Waals surface area (Å²) < 4.78 is 19.9. The zero-order valence-electron chi connectivity index (χ0n) is 19.5. The topological polar surface area (TPSA) is 93.5 Å². The molecule has 3 aromatic rings. The summed E-state index contributed by atoms with van der Waals surface area (Å²) in [7, 11) is 1.19. The van der Waals surface area contributed by atoms with Gasteiger partial charge in [-0.15, -0.1) is 0 Å².